The molecule has 0 unspecified atom stereocenters. The van der Waals surface area contributed by atoms with E-state index in [0.29, 0.717) is 0 Å². The number of benzene rings is 2. The number of rotatable bonds is 4. The zero-order valence-corrected chi connectivity index (χ0v) is 17.5. The van der Waals surface area contributed by atoms with Crippen molar-refractivity contribution in [2.24, 2.45) is 0 Å². The highest BCUT2D eigenvalue weighted by Crippen LogP contribution is 2.32. The molecule has 2 fully saturated rings. The minimum Gasteiger partial charge on any atom is -0.229 e. The van der Waals surface area contributed by atoms with Crippen LogP contribution in [0.5, 0.6) is 0 Å². The van der Waals surface area contributed by atoms with Gasteiger partial charge in [-0.15, -0.1) is 0 Å². The fourth-order valence-electron chi connectivity index (χ4n) is 4.09. The third-order valence-electron chi connectivity index (χ3n) is 5.43. The van der Waals surface area contributed by atoms with Gasteiger partial charge in [-0.05, 0) is 35.7 Å². The molecule has 10 heteroatoms. The lowest BCUT2D eigenvalue weighted by molar-refractivity contribution is 0.280. The van der Waals surface area contributed by atoms with Gasteiger partial charge in [-0.1, -0.05) is 30.3 Å². The topological polar surface area (TPSA) is 106 Å². The summed E-state index contributed by atoms with van der Waals surface area (Å²) in [5, 5.41) is 1.64. The van der Waals surface area contributed by atoms with Crippen molar-refractivity contribution in [3.63, 3.8) is 0 Å². The first-order chi connectivity index (χ1) is 13.1. The van der Waals surface area contributed by atoms with Gasteiger partial charge in [0.2, 0.25) is 10.0 Å². The molecule has 28 heavy (non-hydrogen) atoms. The van der Waals surface area contributed by atoms with Crippen LogP contribution in [0.25, 0.3) is 10.8 Å². The molecule has 0 aromatic heterocycles. The smallest absolute Gasteiger partial charge is 0.229 e. The Bertz CT molecular complexity index is 1190. The van der Waals surface area contributed by atoms with E-state index in [1.807, 2.05) is 18.2 Å². The van der Waals surface area contributed by atoms with Crippen molar-refractivity contribution in [1.82, 2.24) is 4.31 Å². The van der Waals surface area contributed by atoms with Crippen LogP contribution in [0.4, 0.5) is 0 Å². The molecule has 0 saturated carbocycles. The number of hydrogen-bond donors (Lipinski definition) is 0. The van der Waals surface area contributed by atoms with Gasteiger partial charge in [0.25, 0.3) is 0 Å². The molecule has 152 valence electrons. The Balaban J connectivity index is 1.79. The summed E-state index contributed by atoms with van der Waals surface area (Å²) in [7, 11) is -10.7. The molecule has 2 saturated heterocycles. The van der Waals surface area contributed by atoms with Gasteiger partial charge in [0.1, 0.15) is 0 Å². The van der Waals surface area contributed by atoms with Crippen LogP contribution in [-0.2, 0) is 29.7 Å². The van der Waals surface area contributed by atoms with E-state index in [0.717, 1.165) is 10.8 Å². The monoisotopic (exact) mass is 443 g/mol. The maximum atomic E-state index is 13.5. The minimum absolute atomic E-state index is 0.0554. The molecule has 0 aliphatic carbocycles. The summed E-state index contributed by atoms with van der Waals surface area (Å²) in [4.78, 5) is 0.0554. The van der Waals surface area contributed by atoms with Crippen molar-refractivity contribution < 1.29 is 25.3 Å². The zero-order valence-electron chi connectivity index (χ0n) is 15.1. The maximum Gasteiger partial charge on any atom is 0.243 e. The van der Waals surface area contributed by atoms with Gasteiger partial charge in [-0.25, -0.2) is 25.3 Å². The van der Waals surface area contributed by atoms with E-state index >= 15 is 0 Å². The quantitative estimate of drug-likeness (QED) is 0.703. The van der Waals surface area contributed by atoms with Gasteiger partial charge in [-0.3, -0.25) is 0 Å². The van der Waals surface area contributed by atoms with E-state index in [1.54, 1.807) is 18.2 Å². The molecule has 0 N–H and O–H groups in total. The highest BCUT2D eigenvalue weighted by Gasteiger charge is 2.46. The minimum atomic E-state index is -4.06. The molecule has 2 heterocycles. The Morgan fingerprint density at radius 3 is 1.82 bits per heavy atom. The summed E-state index contributed by atoms with van der Waals surface area (Å²) >= 11 is 0. The van der Waals surface area contributed by atoms with E-state index in [2.05, 4.69) is 0 Å². The van der Waals surface area contributed by atoms with Crippen molar-refractivity contribution in [1.29, 1.82) is 0 Å². The van der Waals surface area contributed by atoms with Crippen molar-refractivity contribution >= 4 is 40.5 Å². The molecule has 0 radical (unpaired) electrons. The van der Waals surface area contributed by atoms with Gasteiger partial charge < -0.3 is 0 Å². The lowest BCUT2D eigenvalue weighted by Crippen LogP contribution is -2.48. The van der Waals surface area contributed by atoms with Crippen LogP contribution in [0.15, 0.2) is 47.4 Å². The van der Waals surface area contributed by atoms with E-state index in [1.165, 1.54) is 10.4 Å². The van der Waals surface area contributed by atoms with Gasteiger partial charge in [0, 0.05) is 12.1 Å². The molecule has 7 nitrogen and oxygen atoms in total. The fourth-order valence-corrected chi connectivity index (χ4v) is 9.61. The molecule has 4 rings (SSSR count). The molecular formula is C18H21NO6S3. The maximum absolute atomic E-state index is 13.5. The number of fused-ring (bicyclic) bond motifs is 1. The van der Waals surface area contributed by atoms with Crippen molar-refractivity contribution in [3.05, 3.63) is 42.5 Å². The highest BCUT2D eigenvalue weighted by molar-refractivity contribution is 7.92. The fraction of sp³-hybridized carbons (Fsp3) is 0.444. The van der Waals surface area contributed by atoms with Gasteiger partial charge in [-0.2, -0.15) is 4.31 Å². The average Bonchev–Trinajstić information content (AvgIpc) is 3.16. The molecule has 2 aliphatic heterocycles. The summed E-state index contributed by atoms with van der Waals surface area (Å²) in [5.74, 6) is -0.700. The van der Waals surface area contributed by atoms with Crippen molar-refractivity contribution in [3.8, 4) is 0 Å². The second kappa shape index (κ2) is 6.79. The van der Waals surface area contributed by atoms with Crippen LogP contribution >= 0.6 is 0 Å². The summed E-state index contributed by atoms with van der Waals surface area (Å²) in [6, 6.07) is 10.6. The largest absolute Gasteiger partial charge is 0.243 e. The van der Waals surface area contributed by atoms with Crippen LogP contribution in [0, 0.1) is 0 Å². The highest BCUT2D eigenvalue weighted by atomic mass is 32.2. The Kier molecular flexibility index (Phi) is 4.80. The average molecular weight is 444 g/mol. The van der Waals surface area contributed by atoms with Gasteiger partial charge >= 0.3 is 0 Å². The number of sulfone groups is 2. The van der Waals surface area contributed by atoms with Crippen LogP contribution in [0.3, 0.4) is 0 Å². The molecule has 2 aromatic rings. The van der Waals surface area contributed by atoms with Crippen LogP contribution in [-0.4, -0.2) is 64.7 Å². The third-order valence-corrected chi connectivity index (χ3v) is 10.9. The first-order valence-electron chi connectivity index (χ1n) is 9.01. The van der Waals surface area contributed by atoms with E-state index in [4.69, 9.17) is 0 Å². The number of sulfonamides is 1. The predicted molar refractivity (Wildman–Crippen MR) is 107 cm³/mol. The molecule has 2 aliphatic rings. The summed E-state index contributed by atoms with van der Waals surface area (Å²) in [5.41, 5.74) is 0. The zero-order chi connectivity index (χ0) is 20.2. The number of nitrogens with zero attached hydrogens (tertiary/aromatic N) is 1. The first kappa shape index (κ1) is 19.8. The molecular weight excluding hydrogens is 422 g/mol. The van der Waals surface area contributed by atoms with Gasteiger partial charge in [0.15, 0.2) is 19.7 Å². The van der Waals surface area contributed by atoms with E-state index in [9.17, 15) is 25.3 Å². The molecule has 0 spiro atoms. The third kappa shape index (κ3) is 3.70. The molecule has 0 bridgehead atoms. The van der Waals surface area contributed by atoms with Crippen LogP contribution in [0.2, 0.25) is 0 Å². The van der Waals surface area contributed by atoms with Gasteiger partial charge in [0.05, 0.1) is 27.9 Å². The lowest BCUT2D eigenvalue weighted by Gasteiger charge is -2.32. The Labute approximate surface area is 165 Å². The number of hydrogen-bond acceptors (Lipinski definition) is 6. The molecule has 0 amide bonds. The van der Waals surface area contributed by atoms with E-state index < -0.39 is 41.8 Å². The van der Waals surface area contributed by atoms with Crippen LogP contribution in [0.1, 0.15) is 12.8 Å². The molecule has 2 aromatic carbocycles. The Hall–Kier alpha value is -1.49. The normalized spacial score (nSPS) is 26.8. The van der Waals surface area contributed by atoms with E-state index in [-0.39, 0.29) is 40.7 Å². The van der Waals surface area contributed by atoms with Crippen molar-refractivity contribution in [2.45, 2.75) is 29.8 Å². The second-order valence-electron chi connectivity index (χ2n) is 7.46. The summed E-state index contributed by atoms with van der Waals surface area (Å²) in [6.45, 7) is 0. The van der Waals surface area contributed by atoms with Crippen LogP contribution < -0.4 is 0 Å². The summed E-state index contributed by atoms with van der Waals surface area (Å²) in [6.07, 6.45) is 0.372. The summed E-state index contributed by atoms with van der Waals surface area (Å²) < 4.78 is 76.1. The van der Waals surface area contributed by atoms with Crippen molar-refractivity contribution in [2.75, 3.05) is 23.0 Å². The Morgan fingerprint density at radius 1 is 0.786 bits per heavy atom. The standard InChI is InChI=1S/C18H21NO6S3/c20-26(21)9-7-16(12-26)19(17-8-10-27(22,23)13-17)28(24,25)18-6-5-14-3-1-2-4-15(14)11-18/h1-6,11,16-17H,7-10,12-13H2/t16-,17-/m0/s1. The predicted octanol–water partition coefficient (Wildman–Crippen LogP) is 1.20. The SMILES string of the molecule is O=S1(=O)CC[C@H](N([C@H]2CCS(=O)(=O)C2)S(=O)(=O)c2ccc3ccccc3c2)C1. The molecule has 2 atom stereocenters. The second-order valence-corrected chi connectivity index (χ2v) is 13.8. The lowest BCUT2D eigenvalue weighted by atomic mass is 10.1. The Morgan fingerprint density at radius 2 is 1.32 bits per heavy atom. The first-order valence-corrected chi connectivity index (χ1v) is 14.1.